The van der Waals surface area contributed by atoms with Gasteiger partial charge in [-0.15, -0.1) is 0 Å². The van der Waals surface area contributed by atoms with E-state index in [1.807, 2.05) is 31.2 Å². The highest BCUT2D eigenvalue weighted by atomic mass is 32.2. The first kappa shape index (κ1) is 14.7. The third-order valence-electron chi connectivity index (χ3n) is 4.34. The molecule has 116 valence electrons. The lowest BCUT2D eigenvalue weighted by atomic mass is 10.1. The van der Waals surface area contributed by atoms with Gasteiger partial charge in [-0.05, 0) is 38.3 Å². The molecule has 2 heterocycles. The van der Waals surface area contributed by atoms with Crippen molar-refractivity contribution >= 4 is 21.6 Å². The lowest BCUT2D eigenvalue weighted by Crippen LogP contribution is -2.50. The molecule has 0 amide bonds. The molecule has 1 saturated heterocycles. The van der Waals surface area contributed by atoms with Crippen molar-refractivity contribution in [2.45, 2.75) is 38.6 Å². The average Bonchev–Trinajstić information content (AvgIpc) is 2.70. The summed E-state index contributed by atoms with van der Waals surface area (Å²) in [5.74, 6) is 0. The van der Waals surface area contributed by atoms with Crippen molar-refractivity contribution in [3.63, 3.8) is 0 Å². The van der Waals surface area contributed by atoms with Crippen LogP contribution in [-0.4, -0.2) is 38.4 Å². The molecule has 0 saturated carbocycles. The van der Waals surface area contributed by atoms with Gasteiger partial charge in [-0.3, -0.25) is 4.31 Å². The monoisotopic (exact) mass is 309 g/mol. The van der Waals surface area contributed by atoms with Crippen LogP contribution in [-0.2, 0) is 10.2 Å². The van der Waals surface area contributed by atoms with Crippen molar-refractivity contribution in [1.82, 2.24) is 4.31 Å². The van der Waals surface area contributed by atoms with Crippen molar-refractivity contribution in [3.8, 4) is 0 Å². The highest BCUT2D eigenvalue weighted by Crippen LogP contribution is 2.33. The Morgan fingerprint density at radius 3 is 2.76 bits per heavy atom. The summed E-state index contributed by atoms with van der Waals surface area (Å²) in [6.45, 7) is 3.99. The van der Waals surface area contributed by atoms with Crippen LogP contribution in [0.1, 0.15) is 32.6 Å². The number of nitrogens with zero attached hydrogens (tertiary/aromatic N) is 2. The van der Waals surface area contributed by atoms with Crippen LogP contribution in [0, 0.1) is 0 Å². The second kappa shape index (κ2) is 5.85. The summed E-state index contributed by atoms with van der Waals surface area (Å²) in [7, 11) is -3.44. The third kappa shape index (κ3) is 2.74. The molecular formula is C15H23N3O2S. The molecule has 1 aromatic carbocycles. The highest BCUT2D eigenvalue weighted by Gasteiger charge is 2.35. The van der Waals surface area contributed by atoms with E-state index < -0.39 is 10.2 Å². The Hall–Kier alpha value is -1.27. The molecule has 0 bridgehead atoms. The Bertz CT molecular complexity index is 603. The summed E-state index contributed by atoms with van der Waals surface area (Å²) < 4.78 is 29.4. The van der Waals surface area contributed by atoms with Gasteiger partial charge >= 0.3 is 10.2 Å². The Kier molecular flexibility index (Phi) is 4.08. The summed E-state index contributed by atoms with van der Waals surface area (Å²) in [6, 6.07) is 7.76. The second-order valence-electron chi connectivity index (χ2n) is 5.83. The molecule has 0 radical (unpaired) electrons. The van der Waals surface area contributed by atoms with Crippen molar-refractivity contribution in [2.24, 2.45) is 0 Å². The normalized spacial score (nSPS) is 24.0. The zero-order chi connectivity index (χ0) is 14.9. The average molecular weight is 309 g/mol. The first-order valence-electron chi connectivity index (χ1n) is 7.73. The number of benzene rings is 1. The number of fused-ring (bicyclic) bond motifs is 1. The van der Waals surface area contributed by atoms with Gasteiger partial charge in [-0.1, -0.05) is 18.6 Å². The first-order chi connectivity index (χ1) is 10.1. The van der Waals surface area contributed by atoms with Crippen LogP contribution in [0.5, 0.6) is 0 Å². The molecule has 0 aliphatic carbocycles. The number of hydrogen-bond acceptors (Lipinski definition) is 3. The molecule has 1 fully saturated rings. The molecule has 1 unspecified atom stereocenters. The van der Waals surface area contributed by atoms with Gasteiger partial charge in [-0.25, -0.2) is 0 Å². The number of anilines is 2. The molecule has 1 atom stereocenters. The zero-order valence-corrected chi connectivity index (χ0v) is 13.3. The van der Waals surface area contributed by atoms with Crippen LogP contribution in [0.15, 0.2) is 24.3 Å². The molecule has 2 aliphatic rings. The number of rotatable bonds is 2. The van der Waals surface area contributed by atoms with Crippen molar-refractivity contribution in [2.75, 3.05) is 29.3 Å². The van der Waals surface area contributed by atoms with E-state index in [0.717, 1.165) is 43.6 Å². The van der Waals surface area contributed by atoms with Gasteiger partial charge < -0.3 is 5.32 Å². The molecule has 0 spiro atoms. The fourth-order valence-electron chi connectivity index (χ4n) is 3.19. The molecule has 6 heteroatoms. The quantitative estimate of drug-likeness (QED) is 0.913. The molecule has 1 aromatic rings. The van der Waals surface area contributed by atoms with Crippen LogP contribution in [0.3, 0.4) is 0 Å². The molecular weight excluding hydrogens is 286 g/mol. The molecule has 5 nitrogen and oxygen atoms in total. The lowest BCUT2D eigenvalue weighted by Gasteiger charge is -2.37. The minimum absolute atomic E-state index is 0.0899. The second-order valence-corrected chi connectivity index (χ2v) is 7.64. The van der Waals surface area contributed by atoms with Crippen LogP contribution < -0.4 is 9.62 Å². The standard InChI is InChI=1S/C15H23N3O2S/c1-13-7-4-5-11-17(13)21(19,20)18-12-6-10-16-14-8-2-3-9-15(14)18/h2-3,8-9,13,16H,4-7,10-12H2,1H3. The Morgan fingerprint density at radius 2 is 1.95 bits per heavy atom. The van der Waals surface area contributed by atoms with Crippen LogP contribution in [0.4, 0.5) is 11.4 Å². The van der Waals surface area contributed by atoms with E-state index in [0.29, 0.717) is 13.1 Å². The third-order valence-corrected chi connectivity index (χ3v) is 6.41. The Balaban J connectivity index is 1.98. The first-order valence-corrected chi connectivity index (χ1v) is 9.13. The van der Waals surface area contributed by atoms with Gasteiger partial charge in [0.15, 0.2) is 0 Å². The van der Waals surface area contributed by atoms with Crippen LogP contribution in [0.2, 0.25) is 0 Å². The number of hydrogen-bond donors (Lipinski definition) is 1. The topological polar surface area (TPSA) is 52.7 Å². The van der Waals surface area contributed by atoms with E-state index in [9.17, 15) is 8.42 Å². The van der Waals surface area contributed by atoms with Gasteiger partial charge in [-0.2, -0.15) is 12.7 Å². The van der Waals surface area contributed by atoms with E-state index in [-0.39, 0.29) is 6.04 Å². The molecule has 1 N–H and O–H groups in total. The summed E-state index contributed by atoms with van der Waals surface area (Å²) in [4.78, 5) is 0. The van der Waals surface area contributed by atoms with Crippen LogP contribution >= 0.6 is 0 Å². The van der Waals surface area contributed by atoms with Gasteiger partial charge in [0.05, 0.1) is 11.4 Å². The maximum Gasteiger partial charge on any atom is 0.304 e. The van der Waals surface area contributed by atoms with Gasteiger partial charge in [0, 0.05) is 25.7 Å². The zero-order valence-electron chi connectivity index (χ0n) is 12.5. The smallest absolute Gasteiger partial charge is 0.304 e. The van der Waals surface area contributed by atoms with E-state index in [4.69, 9.17) is 0 Å². The SMILES string of the molecule is CC1CCCCN1S(=O)(=O)N1CCCNc2ccccc21. The largest absolute Gasteiger partial charge is 0.383 e. The molecule has 0 aromatic heterocycles. The van der Waals surface area contributed by atoms with E-state index in [1.165, 1.54) is 0 Å². The number of nitrogens with one attached hydrogen (secondary N) is 1. The summed E-state index contributed by atoms with van der Waals surface area (Å²) >= 11 is 0. The van der Waals surface area contributed by atoms with E-state index in [1.54, 1.807) is 8.61 Å². The minimum Gasteiger partial charge on any atom is -0.383 e. The number of piperidine rings is 1. The van der Waals surface area contributed by atoms with E-state index in [2.05, 4.69) is 5.32 Å². The summed E-state index contributed by atoms with van der Waals surface area (Å²) in [6.07, 6.45) is 3.84. The summed E-state index contributed by atoms with van der Waals surface area (Å²) in [5.41, 5.74) is 1.68. The fraction of sp³-hybridized carbons (Fsp3) is 0.600. The molecule has 2 aliphatic heterocycles. The van der Waals surface area contributed by atoms with Crippen molar-refractivity contribution < 1.29 is 8.42 Å². The van der Waals surface area contributed by atoms with Crippen molar-refractivity contribution in [3.05, 3.63) is 24.3 Å². The predicted molar refractivity (Wildman–Crippen MR) is 85.8 cm³/mol. The van der Waals surface area contributed by atoms with Crippen LogP contribution in [0.25, 0.3) is 0 Å². The lowest BCUT2D eigenvalue weighted by molar-refractivity contribution is 0.268. The molecule has 21 heavy (non-hydrogen) atoms. The minimum atomic E-state index is -3.44. The molecule has 3 rings (SSSR count). The fourth-order valence-corrected chi connectivity index (χ4v) is 5.13. The van der Waals surface area contributed by atoms with Gasteiger partial charge in [0.25, 0.3) is 0 Å². The van der Waals surface area contributed by atoms with Gasteiger partial charge in [0.2, 0.25) is 0 Å². The highest BCUT2D eigenvalue weighted by molar-refractivity contribution is 7.90. The number of para-hydroxylation sites is 2. The maximum absolute atomic E-state index is 13.1. The Labute approximate surface area is 127 Å². The predicted octanol–water partition coefficient (Wildman–Crippen LogP) is 2.43. The van der Waals surface area contributed by atoms with Gasteiger partial charge in [0.1, 0.15) is 0 Å². The van der Waals surface area contributed by atoms with Crippen molar-refractivity contribution in [1.29, 1.82) is 0 Å². The summed E-state index contributed by atoms with van der Waals surface area (Å²) in [5, 5.41) is 3.32. The van der Waals surface area contributed by atoms with E-state index >= 15 is 0 Å². The Morgan fingerprint density at radius 1 is 1.14 bits per heavy atom. The maximum atomic E-state index is 13.1.